The van der Waals surface area contributed by atoms with Gasteiger partial charge in [0, 0.05) is 31.4 Å². The van der Waals surface area contributed by atoms with Gasteiger partial charge in [-0.05, 0) is 28.8 Å². The molecule has 1 atom stereocenters. The van der Waals surface area contributed by atoms with Gasteiger partial charge in [-0.1, -0.05) is 43.3 Å². The third kappa shape index (κ3) is 2.98. The summed E-state index contributed by atoms with van der Waals surface area (Å²) in [4.78, 5) is 4.41. The average molecular weight is 279 g/mol. The van der Waals surface area contributed by atoms with Crippen LogP contribution in [0.1, 0.15) is 30.8 Å². The Bertz CT molecular complexity index is 730. The number of fused-ring (bicyclic) bond motifs is 1. The molecule has 21 heavy (non-hydrogen) atoms. The molecule has 3 aromatic rings. The fourth-order valence-corrected chi connectivity index (χ4v) is 2.71. The van der Waals surface area contributed by atoms with Crippen molar-refractivity contribution >= 4 is 10.8 Å². The first-order valence-electron chi connectivity index (χ1n) is 7.52. The first-order chi connectivity index (χ1) is 10.3. The first kappa shape index (κ1) is 13.8. The van der Waals surface area contributed by atoms with Gasteiger partial charge in [-0.15, -0.1) is 0 Å². The van der Waals surface area contributed by atoms with Crippen LogP contribution in [0.2, 0.25) is 0 Å². The van der Waals surface area contributed by atoms with E-state index in [1.807, 2.05) is 12.4 Å². The van der Waals surface area contributed by atoms with Gasteiger partial charge in [-0.25, -0.2) is 4.98 Å². The largest absolute Gasteiger partial charge is 0.333 e. The zero-order valence-corrected chi connectivity index (χ0v) is 12.4. The fraction of sp³-hybridized carbons (Fsp3) is 0.278. The summed E-state index contributed by atoms with van der Waals surface area (Å²) in [5.41, 5.74) is 7.56. The van der Waals surface area contributed by atoms with E-state index in [9.17, 15) is 0 Å². The summed E-state index contributed by atoms with van der Waals surface area (Å²) in [5.74, 6) is 1.12. The van der Waals surface area contributed by atoms with Crippen molar-refractivity contribution < 1.29 is 0 Å². The van der Waals surface area contributed by atoms with Crippen molar-refractivity contribution in [1.82, 2.24) is 9.55 Å². The topological polar surface area (TPSA) is 43.8 Å². The molecule has 0 saturated heterocycles. The monoisotopic (exact) mass is 279 g/mol. The Morgan fingerprint density at radius 1 is 1.14 bits per heavy atom. The third-order valence-electron chi connectivity index (χ3n) is 3.87. The Hall–Kier alpha value is -2.13. The van der Waals surface area contributed by atoms with E-state index in [4.69, 9.17) is 5.73 Å². The van der Waals surface area contributed by atoms with Crippen LogP contribution in [-0.2, 0) is 13.0 Å². The van der Waals surface area contributed by atoms with Gasteiger partial charge < -0.3 is 10.3 Å². The quantitative estimate of drug-likeness (QED) is 0.774. The lowest BCUT2D eigenvalue weighted by Gasteiger charge is -2.15. The summed E-state index contributed by atoms with van der Waals surface area (Å²) in [6.45, 7) is 2.94. The molecule has 0 radical (unpaired) electrons. The average Bonchev–Trinajstić information content (AvgIpc) is 2.94. The highest BCUT2D eigenvalue weighted by atomic mass is 15.1. The Morgan fingerprint density at radius 2 is 1.95 bits per heavy atom. The highest BCUT2D eigenvalue weighted by Crippen LogP contribution is 2.20. The zero-order valence-electron chi connectivity index (χ0n) is 12.4. The molecule has 0 spiro atoms. The van der Waals surface area contributed by atoms with Gasteiger partial charge in [0.1, 0.15) is 5.82 Å². The standard InChI is InChI=1S/C18H21N3/c1-2-5-18-20-10-11-21(18)13-17(19)16-9-8-14-6-3-4-7-15(14)12-16/h3-4,6-12,17H,2,5,13,19H2,1H3. The maximum atomic E-state index is 6.39. The molecule has 2 aromatic carbocycles. The second-order valence-corrected chi connectivity index (χ2v) is 5.46. The van der Waals surface area contributed by atoms with Crippen LogP contribution in [0, 0.1) is 0 Å². The molecule has 0 aliphatic carbocycles. The SMILES string of the molecule is CCCc1nccn1CC(N)c1ccc2ccccc2c1. The molecule has 0 amide bonds. The van der Waals surface area contributed by atoms with Gasteiger partial charge in [-0.2, -0.15) is 0 Å². The minimum atomic E-state index is -0.0144. The van der Waals surface area contributed by atoms with Crippen LogP contribution in [0.4, 0.5) is 0 Å². The lowest BCUT2D eigenvalue weighted by atomic mass is 10.0. The predicted octanol–water partition coefficient (Wildman–Crippen LogP) is 3.69. The lowest BCUT2D eigenvalue weighted by Crippen LogP contribution is -2.18. The molecule has 3 rings (SSSR count). The van der Waals surface area contributed by atoms with Crippen LogP contribution < -0.4 is 5.73 Å². The van der Waals surface area contributed by atoms with Crippen molar-refractivity contribution in [1.29, 1.82) is 0 Å². The normalized spacial score (nSPS) is 12.7. The summed E-state index contributed by atoms with van der Waals surface area (Å²) in [6.07, 6.45) is 5.98. The van der Waals surface area contributed by atoms with E-state index >= 15 is 0 Å². The number of imidazole rings is 1. The van der Waals surface area contributed by atoms with Gasteiger partial charge in [0.15, 0.2) is 0 Å². The van der Waals surface area contributed by atoms with E-state index in [0.717, 1.165) is 25.2 Å². The second-order valence-electron chi connectivity index (χ2n) is 5.46. The summed E-state index contributed by atoms with van der Waals surface area (Å²) in [5, 5.41) is 2.49. The molecule has 108 valence electrons. The molecule has 0 saturated carbocycles. The van der Waals surface area contributed by atoms with Crippen molar-refractivity contribution in [3.05, 3.63) is 66.2 Å². The number of nitrogens with zero attached hydrogens (tertiary/aromatic N) is 2. The highest BCUT2D eigenvalue weighted by molar-refractivity contribution is 5.83. The van der Waals surface area contributed by atoms with Crippen LogP contribution in [0.25, 0.3) is 10.8 Å². The Labute approximate surface area is 125 Å². The van der Waals surface area contributed by atoms with Gasteiger partial charge in [0.25, 0.3) is 0 Å². The molecule has 2 N–H and O–H groups in total. The maximum absolute atomic E-state index is 6.39. The predicted molar refractivity (Wildman–Crippen MR) is 87.1 cm³/mol. The number of hydrogen-bond donors (Lipinski definition) is 1. The molecule has 0 bridgehead atoms. The molecular formula is C18H21N3. The summed E-state index contributed by atoms with van der Waals surface area (Å²) in [7, 11) is 0. The van der Waals surface area contributed by atoms with Crippen molar-refractivity contribution in [2.24, 2.45) is 5.73 Å². The number of aryl methyl sites for hydroxylation is 1. The summed E-state index contributed by atoms with van der Waals surface area (Å²) in [6, 6.07) is 14.8. The van der Waals surface area contributed by atoms with Crippen molar-refractivity contribution in [2.45, 2.75) is 32.4 Å². The smallest absolute Gasteiger partial charge is 0.108 e. The highest BCUT2D eigenvalue weighted by Gasteiger charge is 2.10. The number of aromatic nitrogens is 2. The number of nitrogens with two attached hydrogens (primary N) is 1. The molecule has 1 heterocycles. The molecular weight excluding hydrogens is 258 g/mol. The molecule has 3 nitrogen and oxygen atoms in total. The molecule has 1 aromatic heterocycles. The van der Waals surface area contributed by atoms with E-state index in [-0.39, 0.29) is 6.04 Å². The molecule has 0 fully saturated rings. The summed E-state index contributed by atoms with van der Waals surface area (Å²) >= 11 is 0. The van der Waals surface area contributed by atoms with Crippen molar-refractivity contribution in [3.8, 4) is 0 Å². The maximum Gasteiger partial charge on any atom is 0.108 e. The second kappa shape index (κ2) is 6.10. The van der Waals surface area contributed by atoms with Crippen molar-refractivity contribution in [3.63, 3.8) is 0 Å². The van der Waals surface area contributed by atoms with Crippen LogP contribution >= 0.6 is 0 Å². The van der Waals surface area contributed by atoms with Crippen molar-refractivity contribution in [2.75, 3.05) is 0 Å². The van der Waals surface area contributed by atoms with E-state index in [1.54, 1.807) is 0 Å². The van der Waals surface area contributed by atoms with Gasteiger partial charge in [-0.3, -0.25) is 0 Å². The third-order valence-corrected chi connectivity index (χ3v) is 3.87. The first-order valence-corrected chi connectivity index (χ1v) is 7.52. The van der Waals surface area contributed by atoms with E-state index in [0.29, 0.717) is 0 Å². The zero-order chi connectivity index (χ0) is 14.7. The fourth-order valence-electron chi connectivity index (χ4n) is 2.71. The van der Waals surface area contributed by atoms with Gasteiger partial charge in [0.05, 0.1) is 0 Å². The van der Waals surface area contributed by atoms with E-state index < -0.39 is 0 Å². The molecule has 0 aliphatic rings. The number of hydrogen-bond acceptors (Lipinski definition) is 2. The molecule has 1 unspecified atom stereocenters. The Kier molecular flexibility index (Phi) is 4.02. The number of benzene rings is 2. The van der Waals surface area contributed by atoms with E-state index in [2.05, 4.69) is 58.9 Å². The molecule has 0 aliphatic heterocycles. The molecule has 3 heteroatoms. The van der Waals surface area contributed by atoms with E-state index in [1.165, 1.54) is 16.3 Å². The van der Waals surface area contributed by atoms with Gasteiger partial charge >= 0.3 is 0 Å². The Morgan fingerprint density at radius 3 is 2.76 bits per heavy atom. The van der Waals surface area contributed by atoms with Crippen LogP contribution in [0.5, 0.6) is 0 Å². The Balaban J connectivity index is 1.83. The minimum Gasteiger partial charge on any atom is -0.333 e. The van der Waals surface area contributed by atoms with Gasteiger partial charge in [0.2, 0.25) is 0 Å². The van der Waals surface area contributed by atoms with Crippen LogP contribution in [0.3, 0.4) is 0 Å². The minimum absolute atomic E-state index is 0.0144. The summed E-state index contributed by atoms with van der Waals surface area (Å²) < 4.78 is 2.17. The lowest BCUT2D eigenvalue weighted by molar-refractivity contribution is 0.552. The number of rotatable bonds is 5. The van der Waals surface area contributed by atoms with Crippen LogP contribution in [-0.4, -0.2) is 9.55 Å². The van der Waals surface area contributed by atoms with Crippen LogP contribution in [0.15, 0.2) is 54.9 Å².